The maximum atomic E-state index is 12.0. The molecule has 1 rings (SSSR count). The first kappa shape index (κ1) is 14.6. The van der Waals surface area contributed by atoms with E-state index in [4.69, 9.17) is 5.11 Å². The largest absolute Gasteiger partial charge is 0.477 e. The summed E-state index contributed by atoms with van der Waals surface area (Å²) in [7, 11) is -1.52. The molecule has 0 saturated carbocycles. The minimum absolute atomic E-state index is 0.0833. The molecule has 0 spiro atoms. The molecule has 100 valence electrons. The van der Waals surface area contributed by atoms with Crippen molar-refractivity contribution in [2.45, 2.75) is 4.90 Å². The molecule has 0 fully saturated rings. The van der Waals surface area contributed by atoms with Crippen LogP contribution in [0.2, 0.25) is 0 Å². The van der Waals surface area contributed by atoms with Crippen molar-refractivity contribution in [2.24, 2.45) is 0 Å². The highest BCUT2D eigenvalue weighted by Gasteiger charge is 2.25. The Balaban J connectivity index is 2.98. The van der Waals surface area contributed by atoms with Gasteiger partial charge < -0.3 is 9.84 Å². The molecule has 7 nitrogen and oxygen atoms in total. The summed E-state index contributed by atoms with van der Waals surface area (Å²) in [6.07, 6.45) is 0. The van der Waals surface area contributed by atoms with Crippen LogP contribution in [-0.2, 0) is 19.6 Å². The van der Waals surface area contributed by atoms with Crippen molar-refractivity contribution in [1.29, 1.82) is 0 Å². The number of sulfonamides is 1. The fourth-order valence-corrected chi connectivity index (χ4v) is 3.29. The van der Waals surface area contributed by atoms with Crippen LogP contribution in [0.5, 0.6) is 0 Å². The fourth-order valence-electron chi connectivity index (χ4n) is 1.08. The molecule has 1 aromatic rings. The number of carbonyl (C=O) groups is 2. The van der Waals surface area contributed by atoms with Gasteiger partial charge in [-0.3, -0.25) is 4.79 Å². The summed E-state index contributed by atoms with van der Waals surface area (Å²) in [5.41, 5.74) is 0. The van der Waals surface area contributed by atoms with Gasteiger partial charge in [-0.15, -0.1) is 11.3 Å². The number of ether oxygens (including phenoxy) is 1. The number of carboxylic acid groups (broad SMARTS) is 1. The number of rotatable bonds is 5. The maximum absolute atomic E-state index is 12.0. The van der Waals surface area contributed by atoms with E-state index in [9.17, 15) is 18.0 Å². The molecule has 0 aliphatic rings. The van der Waals surface area contributed by atoms with Gasteiger partial charge >= 0.3 is 11.9 Å². The molecular weight excluding hydrogens is 282 g/mol. The normalized spacial score (nSPS) is 11.5. The van der Waals surface area contributed by atoms with Crippen molar-refractivity contribution in [2.75, 3.05) is 20.7 Å². The average Bonchev–Trinajstić information content (AvgIpc) is 2.78. The molecule has 0 bridgehead atoms. The molecule has 1 N–H and O–H groups in total. The molecule has 9 heteroatoms. The summed E-state index contributed by atoms with van der Waals surface area (Å²) in [5.74, 6) is -1.90. The standard InChI is InChI=1S/C9H11NO6S2/c1-10(4-8(11)16-2)18(14,15)6-3-7(9(12)13)17-5-6/h3,5H,4H2,1-2H3,(H,12,13). The highest BCUT2D eigenvalue weighted by Crippen LogP contribution is 2.21. The predicted octanol–water partition coefficient (Wildman–Crippen LogP) is 0.240. The number of carbonyl (C=O) groups excluding carboxylic acids is 1. The van der Waals surface area contributed by atoms with Gasteiger partial charge in [-0.05, 0) is 6.07 Å². The number of esters is 1. The minimum Gasteiger partial charge on any atom is -0.477 e. The van der Waals surface area contributed by atoms with Crippen molar-refractivity contribution in [1.82, 2.24) is 4.31 Å². The number of carboxylic acids is 1. The van der Waals surface area contributed by atoms with Gasteiger partial charge in [-0.2, -0.15) is 4.31 Å². The van der Waals surface area contributed by atoms with E-state index in [-0.39, 0.29) is 9.77 Å². The van der Waals surface area contributed by atoms with Gasteiger partial charge in [0.25, 0.3) is 0 Å². The number of likely N-dealkylation sites (N-methyl/N-ethyl adjacent to an activating group) is 1. The van der Waals surface area contributed by atoms with E-state index in [1.807, 2.05) is 0 Å². The Kier molecular flexibility index (Phi) is 4.43. The number of methoxy groups -OCH3 is 1. The number of nitrogens with zero attached hydrogens (tertiary/aromatic N) is 1. The van der Waals surface area contributed by atoms with Crippen molar-refractivity contribution >= 4 is 33.3 Å². The Labute approximate surface area is 108 Å². The van der Waals surface area contributed by atoms with E-state index in [1.165, 1.54) is 12.4 Å². The molecule has 0 amide bonds. The van der Waals surface area contributed by atoms with Gasteiger partial charge in [0.1, 0.15) is 11.4 Å². The minimum atomic E-state index is -3.88. The summed E-state index contributed by atoms with van der Waals surface area (Å²) in [4.78, 5) is 21.4. The van der Waals surface area contributed by atoms with Crippen LogP contribution < -0.4 is 0 Å². The third-order valence-electron chi connectivity index (χ3n) is 2.07. The Morgan fingerprint density at radius 1 is 1.50 bits per heavy atom. The van der Waals surface area contributed by atoms with Crippen LogP contribution in [0.1, 0.15) is 9.67 Å². The lowest BCUT2D eigenvalue weighted by atomic mass is 10.5. The molecule has 0 aliphatic carbocycles. The molecule has 18 heavy (non-hydrogen) atoms. The lowest BCUT2D eigenvalue weighted by molar-refractivity contribution is -0.140. The number of aromatic carboxylic acids is 1. The zero-order valence-electron chi connectivity index (χ0n) is 9.61. The van der Waals surface area contributed by atoms with E-state index in [2.05, 4.69) is 4.74 Å². The van der Waals surface area contributed by atoms with E-state index in [0.29, 0.717) is 0 Å². The summed E-state index contributed by atoms with van der Waals surface area (Å²) in [5, 5.41) is 9.93. The first-order valence-electron chi connectivity index (χ1n) is 4.64. The Morgan fingerprint density at radius 2 is 2.11 bits per heavy atom. The highest BCUT2D eigenvalue weighted by molar-refractivity contribution is 7.89. The summed E-state index contributed by atoms with van der Waals surface area (Å²) in [6.45, 7) is -0.433. The van der Waals surface area contributed by atoms with Crippen molar-refractivity contribution in [3.8, 4) is 0 Å². The first-order valence-corrected chi connectivity index (χ1v) is 6.96. The summed E-state index contributed by atoms with van der Waals surface area (Å²) < 4.78 is 29.1. The molecular formula is C9H11NO6S2. The summed E-state index contributed by atoms with van der Waals surface area (Å²) >= 11 is 0.805. The van der Waals surface area contributed by atoms with E-state index in [1.54, 1.807) is 0 Å². The van der Waals surface area contributed by atoms with Gasteiger partial charge in [0.05, 0.1) is 12.0 Å². The van der Waals surface area contributed by atoms with Crippen molar-refractivity contribution in [3.63, 3.8) is 0 Å². The lowest BCUT2D eigenvalue weighted by Crippen LogP contribution is -2.32. The van der Waals surface area contributed by atoms with Gasteiger partial charge in [-0.25, -0.2) is 13.2 Å². The SMILES string of the molecule is COC(=O)CN(C)S(=O)(=O)c1csc(C(=O)O)c1. The predicted molar refractivity (Wildman–Crippen MR) is 63.1 cm³/mol. The number of hydrogen-bond acceptors (Lipinski definition) is 6. The van der Waals surface area contributed by atoms with E-state index < -0.39 is 28.5 Å². The molecule has 0 radical (unpaired) electrons. The van der Waals surface area contributed by atoms with Crippen LogP contribution >= 0.6 is 11.3 Å². The zero-order valence-corrected chi connectivity index (χ0v) is 11.2. The second-order valence-corrected chi connectivity index (χ2v) is 6.25. The lowest BCUT2D eigenvalue weighted by Gasteiger charge is -2.14. The van der Waals surface area contributed by atoms with Gasteiger partial charge in [-0.1, -0.05) is 0 Å². The molecule has 0 aliphatic heterocycles. The Morgan fingerprint density at radius 3 is 2.56 bits per heavy atom. The van der Waals surface area contributed by atoms with E-state index >= 15 is 0 Å². The van der Waals surface area contributed by atoms with Gasteiger partial charge in [0.2, 0.25) is 10.0 Å². The molecule has 1 aromatic heterocycles. The Bertz CT molecular complexity index is 561. The van der Waals surface area contributed by atoms with E-state index in [0.717, 1.165) is 28.8 Å². The topological polar surface area (TPSA) is 101 Å². The van der Waals surface area contributed by atoms with Crippen LogP contribution in [-0.4, -0.2) is 50.5 Å². The molecule has 0 unspecified atom stereocenters. The second kappa shape index (κ2) is 5.46. The third kappa shape index (κ3) is 3.06. The molecule has 0 atom stereocenters. The van der Waals surface area contributed by atoms with Crippen molar-refractivity contribution in [3.05, 3.63) is 16.3 Å². The van der Waals surface area contributed by atoms with Crippen LogP contribution in [0, 0.1) is 0 Å². The van der Waals surface area contributed by atoms with Crippen molar-refractivity contribution < 1.29 is 27.9 Å². The quantitative estimate of drug-likeness (QED) is 0.780. The molecule has 0 aromatic carbocycles. The second-order valence-electron chi connectivity index (χ2n) is 3.29. The van der Waals surface area contributed by atoms with Crippen LogP contribution in [0.15, 0.2) is 16.3 Å². The zero-order chi connectivity index (χ0) is 13.9. The molecule has 1 heterocycles. The van der Waals surface area contributed by atoms with Crippen LogP contribution in [0.4, 0.5) is 0 Å². The first-order chi connectivity index (χ1) is 8.28. The highest BCUT2D eigenvalue weighted by atomic mass is 32.2. The number of hydrogen-bond donors (Lipinski definition) is 1. The fraction of sp³-hybridized carbons (Fsp3) is 0.333. The monoisotopic (exact) mass is 293 g/mol. The van der Waals surface area contributed by atoms with Crippen LogP contribution in [0.3, 0.4) is 0 Å². The molecule has 0 saturated heterocycles. The average molecular weight is 293 g/mol. The van der Waals surface area contributed by atoms with Gasteiger partial charge in [0, 0.05) is 12.4 Å². The van der Waals surface area contributed by atoms with Gasteiger partial charge in [0.15, 0.2) is 0 Å². The maximum Gasteiger partial charge on any atom is 0.345 e. The third-order valence-corrected chi connectivity index (χ3v) is 4.92. The van der Waals surface area contributed by atoms with Crippen LogP contribution in [0.25, 0.3) is 0 Å². The smallest absolute Gasteiger partial charge is 0.345 e. The Hall–Kier alpha value is -1.45. The number of thiophene rings is 1. The summed E-state index contributed by atoms with van der Waals surface area (Å²) in [6, 6.07) is 1.05.